The Hall–Kier alpha value is -1.59. The van der Waals surface area contributed by atoms with Crippen LogP contribution in [0.1, 0.15) is 77.3 Å². The summed E-state index contributed by atoms with van der Waals surface area (Å²) in [6.45, 7) is 12.2. The van der Waals surface area contributed by atoms with Gasteiger partial charge in [0.2, 0.25) is 0 Å². The first-order valence-corrected chi connectivity index (χ1v) is 10.9. The lowest BCUT2D eigenvalue weighted by Crippen LogP contribution is -2.51. The van der Waals surface area contributed by atoms with Crippen molar-refractivity contribution in [3.8, 4) is 11.5 Å². The fourth-order valence-electron chi connectivity index (χ4n) is 5.89. The van der Waals surface area contributed by atoms with Crippen molar-refractivity contribution in [2.45, 2.75) is 102 Å². The van der Waals surface area contributed by atoms with Gasteiger partial charge in [0.15, 0.2) is 0 Å². The Labute approximate surface area is 173 Å². The predicted molar refractivity (Wildman–Crippen MR) is 108 cm³/mol. The van der Waals surface area contributed by atoms with E-state index in [2.05, 4.69) is 33.8 Å². The fraction of sp³-hybridized carbons (Fsp3) is 0.708. The zero-order chi connectivity index (χ0) is 20.8. The van der Waals surface area contributed by atoms with Gasteiger partial charge in [-0.3, -0.25) is 4.79 Å². The van der Waals surface area contributed by atoms with Crippen molar-refractivity contribution < 1.29 is 23.7 Å². The Kier molecular flexibility index (Phi) is 3.99. The second kappa shape index (κ2) is 5.98. The topological polar surface area (TPSA) is 60.6 Å². The molecular formula is C24H32O5. The summed E-state index contributed by atoms with van der Waals surface area (Å²) in [5.41, 5.74) is 1.70. The Bertz CT molecular complexity index is 876. The summed E-state index contributed by atoms with van der Waals surface area (Å²) < 4.78 is 24.4. The van der Waals surface area contributed by atoms with Crippen molar-refractivity contribution in [3.63, 3.8) is 0 Å². The molecule has 1 unspecified atom stereocenters. The number of hydrogen-bond donors (Lipinski definition) is 0. The van der Waals surface area contributed by atoms with Crippen molar-refractivity contribution in [2.75, 3.05) is 0 Å². The van der Waals surface area contributed by atoms with Crippen LogP contribution in [0.2, 0.25) is 0 Å². The number of fused-ring (bicyclic) bond motifs is 5. The Morgan fingerprint density at radius 3 is 2.59 bits per heavy atom. The third-order valence-corrected chi connectivity index (χ3v) is 7.68. The average molecular weight is 401 g/mol. The summed E-state index contributed by atoms with van der Waals surface area (Å²) in [5, 5.41) is 0. The van der Waals surface area contributed by atoms with E-state index in [0.717, 1.165) is 42.6 Å². The molecule has 3 heterocycles. The zero-order valence-electron chi connectivity index (χ0n) is 18.3. The molecule has 0 aromatic heterocycles. The first kappa shape index (κ1) is 19.4. The Morgan fingerprint density at radius 2 is 1.93 bits per heavy atom. The summed E-state index contributed by atoms with van der Waals surface area (Å²) in [6, 6.07) is 4.04. The van der Waals surface area contributed by atoms with E-state index in [4.69, 9.17) is 18.9 Å². The largest absolute Gasteiger partial charge is 0.487 e. The van der Waals surface area contributed by atoms with Crippen molar-refractivity contribution in [2.24, 2.45) is 5.92 Å². The number of carbonyl (C=O) groups excluding carboxylic acids is 1. The van der Waals surface area contributed by atoms with E-state index in [-0.39, 0.29) is 34.8 Å². The molecule has 1 aromatic carbocycles. The number of epoxide rings is 2. The highest BCUT2D eigenvalue weighted by Crippen LogP contribution is 2.64. The first-order valence-electron chi connectivity index (χ1n) is 10.9. The van der Waals surface area contributed by atoms with Gasteiger partial charge in [0.1, 0.15) is 17.1 Å². The standard InChI is InChI=1S/C24H32O5/c1-13-11-16(26-14(2)25)20-17(12-13)27-23(5,10-8-18-22(3,4)28-18)15-7-9-24(6)21(29-24)19(15)20/h11-12,15,18-19,21H,7-10H2,1-6H3/t15-,18?,19+,21+,23+,24-/m1/s1. The number of hydrogen-bond acceptors (Lipinski definition) is 5. The van der Waals surface area contributed by atoms with E-state index in [1.807, 2.05) is 13.0 Å². The lowest BCUT2D eigenvalue weighted by Gasteiger charge is -2.49. The van der Waals surface area contributed by atoms with Crippen LogP contribution in [0.3, 0.4) is 0 Å². The minimum Gasteiger partial charge on any atom is -0.487 e. The van der Waals surface area contributed by atoms with Gasteiger partial charge in [-0.2, -0.15) is 0 Å². The molecule has 2 saturated heterocycles. The van der Waals surface area contributed by atoms with E-state index in [9.17, 15) is 4.79 Å². The van der Waals surface area contributed by atoms with E-state index < -0.39 is 0 Å². The highest BCUT2D eigenvalue weighted by molar-refractivity contribution is 5.71. The lowest BCUT2D eigenvalue weighted by atomic mass is 9.62. The van der Waals surface area contributed by atoms with Crippen LogP contribution in [-0.2, 0) is 14.3 Å². The molecule has 0 bridgehead atoms. The number of benzene rings is 1. The van der Waals surface area contributed by atoms with Crippen LogP contribution < -0.4 is 9.47 Å². The normalized spacial score (nSPS) is 40.8. The second-order valence-corrected chi connectivity index (χ2v) is 10.5. The van der Waals surface area contributed by atoms with E-state index in [1.165, 1.54) is 6.92 Å². The quantitative estimate of drug-likeness (QED) is 0.417. The van der Waals surface area contributed by atoms with Crippen LogP contribution in [0.5, 0.6) is 11.5 Å². The van der Waals surface area contributed by atoms with Gasteiger partial charge in [-0.1, -0.05) is 0 Å². The fourth-order valence-corrected chi connectivity index (χ4v) is 5.89. The number of rotatable bonds is 4. The summed E-state index contributed by atoms with van der Waals surface area (Å²) in [6.07, 6.45) is 4.51. The lowest BCUT2D eigenvalue weighted by molar-refractivity contribution is -0.132. The molecule has 6 atom stereocenters. The van der Waals surface area contributed by atoms with Crippen LogP contribution >= 0.6 is 0 Å². The molecule has 5 rings (SSSR count). The molecule has 5 nitrogen and oxygen atoms in total. The zero-order valence-corrected chi connectivity index (χ0v) is 18.3. The molecule has 4 aliphatic rings. The second-order valence-electron chi connectivity index (χ2n) is 10.5. The van der Waals surface area contributed by atoms with Gasteiger partial charge in [-0.25, -0.2) is 0 Å². The van der Waals surface area contributed by atoms with Crippen molar-refractivity contribution >= 4 is 5.97 Å². The molecule has 1 aliphatic carbocycles. The van der Waals surface area contributed by atoms with E-state index >= 15 is 0 Å². The molecule has 1 aromatic rings. The summed E-state index contributed by atoms with van der Waals surface area (Å²) >= 11 is 0. The molecule has 3 fully saturated rings. The number of carbonyl (C=O) groups is 1. The molecule has 0 amide bonds. The average Bonchev–Trinajstić information content (AvgIpc) is 3.45. The van der Waals surface area contributed by atoms with Crippen LogP contribution in [0.4, 0.5) is 0 Å². The Balaban J connectivity index is 1.54. The van der Waals surface area contributed by atoms with Crippen LogP contribution in [0, 0.1) is 12.8 Å². The minimum atomic E-state index is -0.300. The molecule has 0 radical (unpaired) electrons. The van der Waals surface area contributed by atoms with Gasteiger partial charge < -0.3 is 18.9 Å². The van der Waals surface area contributed by atoms with Crippen LogP contribution in [0.25, 0.3) is 0 Å². The molecule has 29 heavy (non-hydrogen) atoms. The summed E-state index contributed by atoms with van der Waals surface area (Å²) in [4.78, 5) is 11.8. The van der Waals surface area contributed by atoms with Crippen molar-refractivity contribution in [1.29, 1.82) is 0 Å². The van der Waals surface area contributed by atoms with Crippen molar-refractivity contribution in [1.82, 2.24) is 0 Å². The van der Waals surface area contributed by atoms with Crippen molar-refractivity contribution in [3.05, 3.63) is 23.3 Å². The summed E-state index contributed by atoms with van der Waals surface area (Å²) in [7, 11) is 0. The van der Waals surface area contributed by atoms with Gasteiger partial charge in [0.05, 0.1) is 23.4 Å². The third-order valence-electron chi connectivity index (χ3n) is 7.68. The summed E-state index contributed by atoms with van der Waals surface area (Å²) in [5.74, 6) is 1.70. The number of esters is 1. The van der Waals surface area contributed by atoms with Gasteiger partial charge >= 0.3 is 5.97 Å². The van der Waals surface area contributed by atoms with Crippen LogP contribution in [-0.4, -0.2) is 35.0 Å². The SMILES string of the molecule is CC(=O)Oc1cc(C)cc2c1[C@@H]1[C@@H](CC[C@@]3(C)O[C@@H]13)[C@](C)(CCC1OC1(C)C)O2. The molecule has 3 aliphatic heterocycles. The number of ether oxygens (including phenoxy) is 4. The molecule has 0 N–H and O–H groups in total. The van der Waals surface area contributed by atoms with Gasteiger partial charge in [-0.15, -0.1) is 0 Å². The molecule has 5 heteroatoms. The maximum absolute atomic E-state index is 11.8. The monoisotopic (exact) mass is 400 g/mol. The maximum atomic E-state index is 11.8. The highest BCUT2D eigenvalue weighted by Gasteiger charge is 2.66. The smallest absolute Gasteiger partial charge is 0.308 e. The third kappa shape index (κ3) is 3.09. The molecule has 0 spiro atoms. The highest BCUT2D eigenvalue weighted by atomic mass is 16.6. The maximum Gasteiger partial charge on any atom is 0.308 e. The molecular weight excluding hydrogens is 368 g/mol. The van der Waals surface area contributed by atoms with Gasteiger partial charge in [0, 0.05) is 24.3 Å². The Morgan fingerprint density at radius 1 is 1.21 bits per heavy atom. The molecule has 158 valence electrons. The number of aryl methyl sites for hydroxylation is 1. The molecule has 1 saturated carbocycles. The first-order chi connectivity index (χ1) is 13.5. The van der Waals surface area contributed by atoms with Gasteiger partial charge in [0.25, 0.3) is 0 Å². The van der Waals surface area contributed by atoms with E-state index in [0.29, 0.717) is 17.8 Å². The minimum absolute atomic E-state index is 0.00778. The van der Waals surface area contributed by atoms with Crippen LogP contribution in [0.15, 0.2) is 12.1 Å². The predicted octanol–water partition coefficient (Wildman–Crippen LogP) is 4.68. The van der Waals surface area contributed by atoms with E-state index in [1.54, 1.807) is 0 Å². The van der Waals surface area contributed by atoms with Gasteiger partial charge in [-0.05, 0) is 78.0 Å².